The molecule has 0 saturated carbocycles. The second-order valence-electron chi connectivity index (χ2n) is 2.63. The first-order valence-corrected chi connectivity index (χ1v) is 4.64. The van der Waals surface area contributed by atoms with Gasteiger partial charge < -0.3 is 10.4 Å². The molecule has 2 N–H and O–H groups in total. The first-order chi connectivity index (χ1) is 5.66. The van der Waals surface area contributed by atoms with Gasteiger partial charge in [0.25, 0.3) is 0 Å². The third-order valence-electron chi connectivity index (χ3n) is 1.80. The van der Waals surface area contributed by atoms with Gasteiger partial charge in [-0.3, -0.25) is 0 Å². The lowest BCUT2D eigenvalue weighted by atomic mass is 10.2. The summed E-state index contributed by atoms with van der Waals surface area (Å²) in [6.07, 6.45) is 0.544. The van der Waals surface area contributed by atoms with Gasteiger partial charge in [-0.05, 0) is 6.07 Å². The van der Waals surface area contributed by atoms with Gasteiger partial charge in [0.1, 0.15) is 6.04 Å². The highest BCUT2D eigenvalue weighted by Crippen LogP contribution is 2.36. The summed E-state index contributed by atoms with van der Waals surface area (Å²) in [7, 11) is 0. The van der Waals surface area contributed by atoms with E-state index in [1.807, 2.05) is 0 Å². The number of thiophene rings is 1. The van der Waals surface area contributed by atoms with Crippen molar-refractivity contribution in [3.05, 3.63) is 15.3 Å². The third-order valence-corrected chi connectivity index (χ3v) is 3.08. The molecule has 12 heavy (non-hydrogen) atoms. The molecule has 1 unspecified atom stereocenters. The molecule has 64 valence electrons. The van der Waals surface area contributed by atoms with Crippen molar-refractivity contribution < 1.29 is 9.90 Å². The molecule has 0 aliphatic carbocycles. The molecule has 3 nitrogen and oxygen atoms in total. The summed E-state index contributed by atoms with van der Waals surface area (Å²) < 4.78 is 0.705. The molecule has 2 rings (SSSR count). The Bertz CT molecular complexity index is 313. The van der Waals surface area contributed by atoms with E-state index in [1.165, 1.54) is 11.3 Å². The molecule has 0 fully saturated rings. The molecule has 1 aliphatic rings. The first-order valence-electron chi connectivity index (χ1n) is 3.44. The number of carboxylic acid groups (broad SMARTS) is 1. The number of hydrogen-bond acceptors (Lipinski definition) is 3. The number of hydrogen-bond donors (Lipinski definition) is 2. The topological polar surface area (TPSA) is 49.3 Å². The highest BCUT2D eigenvalue weighted by atomic mass is 35.5. The maximum absolute atomic E-state index is 10.6. The van der Waals surface area contributed by atoms with Crippen LogP contribution in [-0.2, 0) is 11.2 Å². The van der Waals surface area contributed by atoms with Crippen molar-refractivity contribution in [1.29, 1.82) is 0 Å². The SMILES string of the molecule is O=C(O)C1Cc2sc(Cl)cc2N1. The quantitative estimate of drug-likeness (QED) is 0.732. The summed E-state index contributed by atoms with van der Waals surface area (Å²) in [4.78, 5) is 11.6. The molecular formula is C7H6ClNO2S. The summed E-state index contributed by atoms with van der Waals surface area (Å²) >= 11 is 7.17. The third kappa shape index (κ3) is 1.17. The van der Waals surface area contributed by atoms with E-state index in [4.69, 9.17) is 16.7 Å². The Kier molecular flexibility index (Phi) is 1.73. The van der Waals surface area contributed by atoms with E-state index in [1.54, 1.807) is 6.07 Å². The Morgan fingerprint density at radius 3 is 3.17 bits per heavy atom. The number of halogens is 1. The van der Waals surface area contributed by atoms with E-state index in [9.17, 15) is 4.79 Å². The maximum Gasteiger partial charge on any atom is 0.326 e. The van der Waals surface area contributed by atoms with E-state index >= 15 is 0 Å². The van der Waals surface area contributed by atoms with Crippen molar-refractivity contribution in [3.8, 4) is 0 Å². The molecule has 0 aromatic carbocycles. The fraction of sp³-hybridized carbons (Fsp3) is 0.286. The van der Waals surface area contributed by atoms with Crippen LogP contribution < -0.4 is 5.32 Å². The zero-order chi connectivity index (χ0) is 8.72. The average molecular weight is 204 g/mol. The lowest BCUT2D eigenvalue weighted by molar-refractivity contribution is -0.137. The average Bonchev–Trinajstić information content (AvgIpc) is 2.42. The Morgan fingerprint density at radius 2 is 2.58 bits per heavy atom. The van der Waals surface area contributed by atoms with Crippen molar-refractivity contribution >= 4 is 34.6 Å². The van der Waals surface area contributed by atoms with Gasteiger partial charge in [-0.15, -0.1) is 11.3 Å². The zero-order valence-electron chi connectivity index (χ0n) is 6.00. The highest BCUT2D eigenvalue weighted by molar-refractivity contribution is 7.16. The molecule has 1 aromatic rings. The van der Waals surface area contributed by atoms with Crippen LogP contribution in [0, 0.1) is 0 Å². The Labute approximate surface area is 78.0 Å². The molecule has 0 spiro atoms. The maximum atomic E-state index is 10.6. The smallest absolute Gasteiger partial charge is 0.326 e. The Hall–Kier alpha value is -0.740. The van der Waals surface area contributed by atoms with Crippen LogP contribution in [0.1, 0.15) is 4.88 Å². The summed E-state index contributed by atoms with van der Waals surface area (Å²) in [5.41, 5.74) is 0.873. The minimum atomic E-state index is -0.811. The predicted octanol–water partition coefficient (Wildman–Crippen LogP) is 1.82. The molecule has 1 atom stereocenters. The number of carboxylic acids is 1. The van der Waals surface area contributed by atoms with E-state index in [-0.39, 0.29) is 0 Å². The Morgan fingerprint density at radius 1 is 1.83 bits per heavy atom. The molecule has 0 amide bonds. The largest absolute Gasteiger partial charge is 0.480 e. The summed E-state index contributed by atoms with van der Waals surface area (Å²) in [6, 6.07) is 1.30. The van der Waals surface area contributed by atoms with Gasteiger partial charge >= 0.3 is 5.97 Å². The van der Waals surface area contributed by atoms with Gasteiger partial charge in [0.2, 0.25) is 0 Å². The van der Waals surface area contributed by atoms with Crippen LogP contribution >= 0.6 is 22.9 Å². The van der Waals surface area contributed by atoms with Crippen LogP contribution in [0.25, 0.3) is 0 Å². The van der Waals surface area contributed by atoms with Crippen molar-refractivity contribution in [3.63, 3.8) is 0 Å². The van der Waals surface area contributed by atoms with Gasteiger partial charge in [0, 0.05) is 11.3 Å². The minimum absolute atomic E-state index is 0.469. The summed E-state index contributed by atoms with van der Waals surface area (Å²) in [5.74, 6) is -0.811. The van der Waals surface area contributed by atoms with Crippen molar-refractivity contribution in [2.75, 3.05) is 5.32 Å². The molecule has 0 saturated heterocycles. The molecule has 2 heterocycles. The lowest BCUT2D eigenvalue weighted by Crippen LogP contribution is -2.26. The van der Waals surface area contributed by atoms with Crippen LogP contribution in [0.5, 0.6) is 0 Å². The minimum Gasteiger partial charge on any atom is -0.480 e. The van der Waals surface area contributed by atoms with Crippen molar-refractivity contribution in [1.82, 2.24) is 0 Å². The summed E-state index contributed by atoms with van der Waals surface area (Å²) in [5, 5.41) is 11.6. The number of anilines is 1. The number of rotatable bonds is 1. The molecular weight excluding hydrogens is 198 g/mol. The van der Waals surface area contributed by atoms with Crippen LogP contribution in [-0.4, -0.2) is 17.1 Å². The second-order valence-corrected chi connectivity index (χ2v) is 4.39. The summed E-state index contributed by atoms with van der Waals surface area (Å²) in [6.45, 7) is 0. The van der Waals surface area contributed by atoms with Crippen molar-refractivity contribution in [2.45, 2.75) is 12.5 Å². The van der Waals surface area contributed by atoms with E-state index in [0.29, 0.717) is 10.8 Å². The fourth-order valence-electron chi connectivity index (χ4n) is 1.24. The van der Waals surface area contributed by atoms with Crippen LogP contribution in [0.3, 0.4) is 0 Å². The number of nitrogens with one attached hydrogen (secondary N) is 1. The fourth-order valence-corrected chi connectivity index (χ4v) is 2.52. The van der Waals surface area contributed by atoms with E-state index in [0.717, 1.165) is 10.6 Å². The number of carbonyl (C=O) groups is 1. The van der Waals surface area contributed by atoms with E-state index < -0.39 is 12.0 Å². The lowest BCUT2D eigenvalue weighted by Gasteiger charge is -2.03. The van der Waals surface area contributed by atoms with Gasteiger partial charge in [-0.2, -0.15) is 0 Å². The van der Waals surface area contributed by atoms with Gasteiger partial charge in [0.15, 0.2) is 0 Å². The standard InChI is InChI=1S/C7H6ClNO2S/c8-6-2-3-5(12-6)1-4(9-3)7(10)11/h2,4,9H,1H2,(H,10,11). The van der Waals surface area contributed by atoms with Gasteiger partial charge in [-0.1, -0.05) is 11.6 Å². The molecule has 0 bridgehead atoms. The van der Waals surface area contributed by atoms with E-state index in [2.05, 4.69) is 5.32 Å². The normalized spacial score (nSPS) is 20.2. The predicted molar refractivity (Wildman–Crippen MR) is 48.1 cm³/mol. The number of aliphatic carboxylic acids is 1. The van der Waals surface area contributed by atoms with Crippen LogP contribution in [0.15, 0.2) is 6.07 Å². The number of fused-ring (bicyclic) bond motifs is 1. The van der Waals surface area contributed by atoms with Crippen LogP contribution in [0.4, 0.5) is 5.69 Å². The Balaban J connectivity index is 2.24. The molecule has 1 aliphatic heterocycles. The van der Waals surface area contributed by atoms with Crippen molar-refractivity contribution in [2.24, 2.45) is 0 Å². The molecule has 0 radical (unpaired) electrons. The first kappa shape index (κ1) is 7.89. The zero-order valence-corrected chi connectivity index (χ0v) is 7.58. The van der Waals surface area contributed by atoms with Gasteiger partial charge in [-0.25, -0.2) is 4.79 Å². The highest BCUT2D eigenvalue weighted by Gasteiger charge is 2.27. The molecule has 1 aromatic heterocycles. The van der Waals surface area contributed by atoms with Crippen LogP contribution in [0.2, 0.25) is 4.34 Å². The molecule has 5 heteroatoms. The van der Waals surface area contributed by atoms with Gasteiger partial charge in [0.05, 0.1) is 10.0 Å². The monoisotopic (exact) mass is 203 g/mol. The second kappa shape index (κ2) is 2.64.